The number of unbranched alkanes of at least 4 members (excludes halogenated alkanes) is 2. The summed E-state index contributed by atoms with van der Waals surface area (Å²) in [5.41, 5.74) is -0.277. The molecule has 0 amide bonds. The molecular formula is C11H25NO2. The Kier molecular flexibility index (Phi) is 8.14. The van der Waals surface area contributed by atoms with Crippen LogP contribution in [0.3, 0.4) is 0 Å². The molecule has 0 bridgehead atoms. The van der Waals surface area contributed by atoms with Crippen molar-refractivity contribution < 1.29 is 9.84 Å². The van der Waals surface area contributed by atoms with Gasteiger partial charge < -0.3 is 15.2 Å². The Labute approximate surface area is 87.8 Å². The van der Waals surface area contributed by atoms with Crippen LogP contribution in [0.4, 0.5) is 0 Å². The zero-order valence-corrected chi connectivity index (χ0v) is 9.81. The highest BCUT2D eigenvalue weighted by molar-refractivity contribution is 4.81. The number of aliphatic hydroxyl groups excluding tert-OH is 1. The maximum Gasteiger partial charge on any atom is 0.0668 e. The molecule has 3 heteroatoms. The lowest BCUT2D eigenvalue weighted by Gasteiger charge is -2.27. The lowest BCUT2D eigenvalue weighted by molar-refractivity contribution is 0.0437. The summed E-state index contributed by atoms with van der Waals surface area (Å²) in [4.78, 5) is 0. The van der Waals surface area contributed by atoms with Crippen molar-refractivity contribution in [3.05, 3.63) is 0 Å². The van der Waals surface area contributed by atoms with Crippen LogP contribution in [0.25, 0.3) is 0 Å². The van der Waals surface area contributed by atoms with E-state index in [1.165, 1.54) is 12.8 Å². The van der Waals surface area contributed by atoms with Gasteiger partial charge >= 0.3 is 0 Å². The first-order chi connectivity index (χ1) is 6.68. The van der Waals surface area contributed by atoms with Gasteiger partial charge in [-0.15, -0.1) is 0 Å². The highest BCUT2D eigenvalue weighted by atomic mass is 16.5. The van der Waals surface area contributed by atoms with Crippen LogP contribution in [-0.2, 0) is 4.74 Å². The summed E-state index contributed by atoms with van der Waals surface area (Å²) >= 11 is 0. The summed E-state index contributed by atoms with van der Waals surface area (Å²) in [7, 11) is 0. The minimum Gasteiger partial charge on any atom is -0.394 e. The first-order valence-corrected chi connectivity index (χ1v) is 5.62. The molecule has 0 radical (unpaired) electrons. The normalized spacial score (nSPS) is 15.4. The van der Waals surface area contributed by atoms with Crippen molar-refractivity contribution >= 4 is 0 Å². The van der Waals surface area contributed by atoms with Crippen molar-refractivity contribution in [1.82, 2.24) is 5.32 Å². The number of ether oxygens (including phenoxy) is 1. The van der Waals surface area contributed by atoms with Gasteiger partial charge in [-0.2, -0.15) is 0 Å². The van der Waals surface area contributed by atoms with Crippen molar-refractivity contribution in [2.45, 2.75) is 45.6 Å². The first kappa shape index (κ1) is 13.9. The number of rotatable bonds is 9. The van der Waals surface area contributed by atoms with E-state index in [1.54, 1.807) is 0 Å². The maximum atomic E-state index is 9.18. The van der Waals surface area contributed by atoms with Crippen LogP contribution >= 0.6 is 0 Å². The van der Waals surface area contributed by atoms with Gasteiger partial charge in [-0.3, -0.25) is 0 Å². The minimum absolute atomic E-state index is 0.120. The summed E-state index contributed by atoms with van der Waals surface area (Å²) in [5, 5.41) is 12.4. The molecule has 0 fully saturated rings. The van der Waals surface area contributed by atoms with E-state index in [0.717, 1.165) is 19.6 Å². The highest BCUT2D eigenvalue weighted by Gasteiger charge is 2.21. The molecule has 0 heterocycles. The first-order valence-electron chi connectivity index (χ1n) is 5.62. The molecular weight excluding hydrogens is 178 g/mol. The maximum absolute atomic E-state index is 9.18. The minimum atomic E-state index is -0.277. The summed E-state index contributed by atoms with van der Waals surface area (Å²) in [6.45, 7) is 8.55. The molecule has 0 aliphatic carbocycles. The second-order valence-corrected chi connectivity index (χ2v) is 4.01. The van der Waals surface area contributed by atoms with Crippen LogP contribution in [0.5, 0.6) is 0 Å². The van der Waals surface area contributed by atoms with Gasteiger partial charge in [0.15, 0.2) is 0 Å². The molecule has 1 atom stereocenters. The molecule has 0 aliphatic heterocycles. The van der Waals surface area contributed by atoms with E-state index >= 15 is 0 Å². The number of likely N-dealkylation sites (N-methyl/N-ethyl adjacent to an activating group) is 1. The van der Waals surface area contributed by atoms with Gasteiger partial charge in [0.05, 0.1) is 18.8 Å². The summed E-state index contributed by atoms with van der Waals surface area (Å²) < 4.78 is 5.52. The largest absolute Gasteiger partial charge is 0.394 e. The standard InChI is InChI=1S/C11H25NO2/c1-4-6-7-8-14-10-11(3,9-13)12-5-2/h12-13H,4-10H2,1-3H3. The number of nitrogens with one attached hydrogen (secondary N) is 1. The fourth-order valence-electron chi connectivity index (χ4n) is 1.33. The molecule has 2 N–H and O–H groups in total. The molecule has 0 saturated carbocycles. The van der Waals surface area contributed by atoms with Gasteiger partial charge in [0, 0.05) is 6.61 Å². The third kappa shape index (κ3) is 6.35. The second-order valence-electron chi connectivity index (χ2n) is 4.01. The topological polar surface area (TPSA) is 41.5 Å². The fraction of sp³-hybridized carbons (Fsp3) is 1.00. The quantitative estimate of drug-likeness (QED) is 0.559. The third-order valence-electron chi connectivity index (χ3n) is 2.27. The Balaban J connectivity index is 3.51. The van der Waals surface area contributed by atoms with Crippen LogP contribution in [0.1, 0.15) is 40.0 Å². The predicted molar refractivity (Wildman–Crippen MR) is 59.5 cm³/mol. The molecule has 0 aromatic carbocycles. The van der Waals surface area contributed by atoms with E-state index < -0.39 is 0 Å². The van der Waals surface area contributed by atoms with Crippen LogP contribution in [0.2, 0.25) is 0 Å². The lowest BCUT2D eigenvalue weighted by atomic mass is 10.1. The van der Waals surface area contributed by atoms with E-state index in [1.807, 2.05) is 13.8 Å². The van der Waals surface area contributed by atoms with E-state index in [4.69, 9.17) is 4.74 Å². The number of hydrogen-bond donors (Lipinski definition) is 2. The van der Waals surface area contributed by atoms with Gasteiger partial charge in [-0.25, -0.2) is 0 Å². The zero-order chi connectivity index (χ0) is 10.9. The van der Waals surface area contributed by atoms with E-state index in [9.17, 15) is 5.11 Å². The summed E-state index contributed by atoms with van der Waals surface area (Å²) in [6, 6.07) is 0. The van der Waals surface area contributed by atoms with Gasteiger partial charge in [-0.1, -0.05) is 26.7 Å². The van der Waals surface area contributed by atoms with Gasteiger partial charge in [0.2, 0.25) is 0 Å². The van der Waals surface area contributed by atoms with Gasteiger partial charge in [0.1, 0.15) is 0 Å². The predicted octanol–water partition coefficient (Wildman–Crippen LogP) is 1.55. The number of hydrogen-bond acceptors (Lipinski definition) is 3. The molecule has 3 nitrogen and oxygen atoms in total. The van der Waals surface area contributed by atoms with E-state index in [0.29, 0.717) is 6.61 Å². The SMILES string of the molecule is CCCCCOCC(C)(CO)NCC. The lowest BCUT2D eigenvalue weighted by Crippen LogP contribution is -2.49. The Morgan fingerprint density at radius 2 is 2.00 bits per heavy atom. The van der Waals surface area contributed by atoms with Crippen molar-refractivity contribution in [1.29, 1.82) is 0 Å². The Morgan fingerprint density at radius 1 is 1.29 bits per heavy atom. The Morgan fingerprint density at radius 3 is 2.50 bits per heavy atom. The molecule has 0 aliphatic rings. The molecule has 0 aromatic rings. The van der Waals surface area contributed by atoms with Crippen molar-refractivity contribution in [3.63, 3.8) is 0 Å². The Bertz CT molecular complexity index is 130. The monoisotopic (exact) mass is 203 g/mol. The highest BCUT2D eigenvalue weighted by Crippen LogP contribution is 2.04. The molecule has 0 rings (SSSR count). The van der Waals surface area contributed by atoms with E-state index in [2.05, 4.69) is 12.2 Å². The second kappa shape index (κ2) is 8.21. The smallest absolute Gasteiger partial charge is 0.0668 e. The van der Waals surface area contributed by atoms with Crippen LogP contribution < -0.4 is 5.32 Å². The van der Waals surface area contributed by atoms with Crippen molar-refractivity contribution in [2.24, 2.45) is 0 Å². The molecule has 0 spiro atoms. The average molecular weight is 203 g/mol. The molecule has 0 aromatic heterocycles. The molecule has 86 valence electrons. The average Bonchev–Trinajstić information content (AvgIpc) is 2.18. The number of aliphatic hydroxyl groups is 1. The van der Waals surface area contributed by atoms with E-state index in [-0.39, 0.29) is 12.1 Å². The third-order valence-corrected chi connectivity index (χ3v) is 2.27. The van der Waals surface area contributed by atoms with Crippen molar-refractivity contribution in [3.8, 4) is 0 Å². The molecule has 0 saturated heterocycles. The Hall–Kier alpha value is -0.120. The van der Waals surface area contributed by atoms with Crippen LogP contribution in [0, 0.1) is 0 Å². The van der Waals surface area contributed by atoms with Gasteiger partial charge in [-0.05, 0) is 19.9 Å². The van der Waals surface area contributed by atoms with Crippen LogP contribution in [-0.4, -0.2) is 37.0 Å². The molecule has 14 heavy (non-hydrogen) atoms. The van der Waals surface area contributed by atoms with Crippen LogP contribution in [0.15, 0.2) is 0 Å². The zero-order valence-electron chi connectivity index (χ0n) is 9.81. The summed E-state index contributed by atoms with van der Waals surface area (Å²) in [6.07, 6.45) is 3.55. The van der Waals surface area contributed by atoms with Gasteiger partial charge in [0.25, 0.3) is 0 Å². The summed E-state index contributed by atoms with van der Waals surface area (Å²) in [5.74, 6) is 0. The van der Waals surface area contributed by atoms with Crippen molar-refractivity contribution in [2.75, 3.05) is 26.4 Å². The molecule has 1 unspecified atom stereocenters. The fourth-order valence-corrected chi connectivity index (χ4v) is 1.33.